The fourth-order valence-corrected chi connectivity index (χ4v) is 1.98. The van der Waals surface area contributed by atoms with Gasteiger partial charge in [0, 0.05) is 19.6 Å². The molecule has 0 aromatic heterocycles. The van der Waals surface area contributed by atoms with Gasteiger partial charge in [0.1, 0.15) is 5.82 Å². The Morgan fingerprint density at radius 2 is 2.20 bits per heavy atom. The van der Waals surface area contributed by atoms with Crippen molar-refractivity contribution in [1.82, 2.24) is 0 Å². The van der Waals surface area contributed by atoms with Crippen LogP contribution in [0.3, 0.4) is 0 Å². The van der Waals surface area contributed by atoms with Gasteiger partial charge in [-0.25, -0.2) is 4.39 Å². The lowest BCUT2D eigenvalue weighted by Crippen LogP contribution is -2.42. The number of halogens is 1. The van der Waals surface area contributed by atoms with Gasteiger partial charge in [-0.15, -0.1) is 0 Å². The number of rotatable bonds is 1. The molecule has 1 aliphatic heterocycles. The predicted octanol–water partition coefficient (Wildman–Crippen LogP) is 2.71. The van der Waals surface area contributed by atoms with Crippen molar-refractivity contribution in [3.63, 3.8) is 0 Å². The van der Waals surface area contributed by atoms with Gasteiger partial charge in [-0.05, 0) is 18.1 Å². The fraction of sp³-hybridized carbons (Fsp3) is 0.500. The third-order valence-electron chi connectivity index (χ3n) is 3.01. The lowest BCUT2D eigenvalue weighted by molar-refractivity contribution is 0.507. The van der Waals surface area contributed by atoms with Crippen LogP contribution >= 0.6 is 0 Å². The normalized spacial score (nSPS) is 20.1. The number of hydrogen-bond donors (Lipinski definition) is 1. The van der Waals surface area contributed by atoms with Gasteiger partial charge in [0.15, 0.2) is 0 Å². The van der Waals surface area contributed by atoms with Crippen LogP contribution in [-0.2, 0) is 0 Å². The van der Waals surface area contributed by atoms with Crippen molar-refractivity contribution < 1.29 is 4.39 Å². The van der Waals surface area contributed by atoms with Crippen molar-refractivity contribution in [2.75, 3.05) is 23.8 Å². The molecule has 1 N–H and O–H groups in total. The van der Waals surface area contributed by atoms with Crippen molar-refractivity contribution in [2.45, 2.75) is 19.9 Å². The Balaban J connectivity index is 2.37. The molecule has 0 saturated heterocycles. The zero-order chi connectivity index (χ0) is 11.0. The Bertz CT molecular complexity index is 363. The van der Waals surface area contributed by atoms with E-state index in [1.54, 1.807) is 6.07 Å². The van der Waals surface area contributed by atoms with Crippen LogP contribution in [0.25, 0.3) is 0 Å². The van der Waals surface area contributed by atoms with E-state index in [2.05, 4.69) is 24.1 Å². The molecule has 1 unspecified atom stereocenters. The van der Waals surface area contributed by atoms with Gasteiger partial charge in [-0.1, -0.05) is 19.9 Å². The first-order valence-corrected chi connectivity index (χ1v) is 5.36. The van der Waals surface area contributed by atoms with Crippen LogP contribution in [0.5, 0.6) is 0 Å². The summed E-state index contributed by atoms with van der Waals surface area (Å²) in [6.45, 7) is 5.23. The molecule has 1 aromatic carbocycles. The minimum absolute atomic E-state index is 0.162. The lowest BCUT2D eigenvalue weighted by Gasteiger charge is -2.36. The standard InChI is InChI=1S/C12H17FN2/c1-8(2)10-7-15(3)11-6-4-5-9(13)12(11)14-10/h4-6,8,10,14H,7H2,1-3H3. The van der Waals surface area contributed by atoms with E-state index in [0.717, 1.165) is 12.2 Å². The summed E-state index contributed by atoms with van der Waals surface area (Å²) in [5.74, 6) is 0.338. The molecular formula is C12H17FN2. The summed E-state index contributed by atoms with van der Waals surface area (Å²) in [4.78, 5) is 2.11. The van der Waals surface area contributed by atoms with Crippen LogP contribution < -0.4 is 10.2 Å². The zero-order valence-corrected chi connectivity index (χ0v) is 9.42. The lowest BCUT2D eigenvalue weighted by atomic mass is 10.0. The minimum Gasteiger partial charge on any atom is -0.376 e. The molecule has 1 atom stereocenters. The number of anilines is 2. The van der Waals surface area contributed by atoms with Crippen molar-refractivity contribution in [2.24, 2.45) is 5.92 Å². The van der Waals surface area contributed by atoms with Crippen molar-refractivity contribution in [3.8, 4) is 0 Å². The van der Waals surface area contributed by atoms with Crippen molar-refractivity contribution >= 4 is 11.4 Å². The molecule has 0 amide bonds. The van der Waals surface area contributed by atoms with Gasteiger partial charge in [-0.3, -0.25) is 0 Å². The molecule has 1 heterocycles. The number of benzene rings is 1. The average molecular weight is 208 g/mol. The van der Waals surface area contributed by atoms with Crippen LogP contribution in [0.2, 0.25) is 0 Å². The van der Waals surface area contributed by atoms with Gasteiger partial charge in [0.2, 0.25) is 0 Å². The van der Waals surface area contributed by atoms with E-state index < -0.39 is 0 Å². The summed E-state index contributed by atoms with van der Waals surface area (Å²) < 4.78 is 13.6. The highest BCUT2D eigenvalue weighted by Crippen LogP contribution is 2.33. The summed E-state index contributed by atoms with van der Waals surface area (Å²) in [6, 6.07) is 5.52. The maximum absolute atomic E-state index is 13.6. The quantitative estimate of drug-likeness (QED) is 0.763. The highest BCUT2D eigenvalue weighted by Gasteiger charge is 2.25. The van der Waals surface area contributed by atoms with E-state index in [1.165, 1.54) is 6.07 Å². The van der Waals surface area contributed by atoms with Crippen LogP contribution in [0.4, 0.5) is 15.8 Å². The molecule has 0 radical (unpaired) electrons. The number of hydrogen-bond acceptors (Lipinski definition) is 2. The number of nitrogens with zero attached hydrogens (tertiary/aromatic N) is 1. The molecule has 2 nitrogen and oxygen atoms in total. The number of nitrogens with one attached hydrogen (secondary N) is 1. The van der Waals surface area contributed by atoms with Crippen LogP contribution in [-0.4, -0.2) is 19.6 Å². The molecule has 0 saturated carbocycles. The Labute approximate surface area is 90.1 Å². The second kappa shape index (κ2) is 3.72. The minimum atomic E-state index is -0.162. The zero-order valence-electron chi connectivity index (χ0n) is 9.42. The molecule has 2 rings (SSSR count). The largest absolute Gasteiger partial charge is 0.376 e. The summed E-state index contributed by atoms with van der Waals surface area (Å²) in [6.07, 6.45) is 0. The van der Waals surface area contributed by atoms with Crippen molar-refractivity contribution in [3.05, 3.63) is 24.0 Å². The van der Waals surface area contributed by atoms with E-state index in [-0.39, 0.29) is 5.82 Å². The Kier molecular flexibility index (Phi) is 2.55. The monoisotopic (exact) mass is 208 g/mol. The van der Waals surface area contributed by atoms with Crippen molar-refractivity contribution in [1.29, 1.82) is 0 Å². The van der Waals surface area contributed by atoms with E-state index in [1.807, 2.05) is 13.1 Å². The molecule has 1 aliphatic rings. The Morgan fingerprint density at radius 3 is 2.87 bits per heavy atom. The highest BCUT2D eigenvalue weighted by atomic mass is 19.1. The van der Waals surface area contributed by atoms with Gasteiger partial charge in [-0.2, -0.15) is 0 Å². The third-order valence-corrected chi connectivity index (χ3v) is 3.01. The second-order valence-corrected chi connectivity index (χ2v) is 4.51. The Morgan fingerprint density at radius 1 is 1.47 bits per heavy atom. The van der Waals surface area contributed by atoms with Gasteiger partial charge >= 0.3 is 0 Å². The first kappa shape index (κ1) is 10.3. The third kappa shape index (κ3) is 1.78. The number of fused-ring (bicyclic) bond motifs is 1. The van der Waals surface area contributed by atoms with Gasteiger partial charge in [0.05, 0.1) is 11.4 Å². The predicted molar refractivity (Wildman–Crippen MR) is 61.9 cm³/mol. The molecule has 82 valence electrons. The molecule has 0 fully saturated rings. The highest BCUT2D eigenvalue weighted by molar-refractivity contribution is 5.73. The molecular weight excluding hydrogens is 191 g/mol. The summed E-state index contributed by atoms with van der Waals surface area (Å²) in [5, 5.41) is 3.28. The summed E-state index contributed by atoms with van der Waals surface area (Å²) >= 11 is 0. The molecule has 0 aliphatic carbocycles. The summed E-state index contributed by atoms with van der Waals surface area (Å²) in [7, 11) is 2.01. The number of likely N-dealkylation sites (N-methyl/N-ethyl adjacent to an activating group) is 1. The van der Waals surface area contributed by atoms with Crippen LogP contribution in [0.15, 0.2) is 18.2 Å². The van der Waals surface area contributed by atoms with Gasteiger partial charge < -0.3 is 10.2 Å². The molecule has 3 heteroatoms. The Hall–Kier alpha value is -1.25. The first-order chi connectivity index (χ1) is 7.09. The maximum Gasteiger partial charge on any atom is 0.148 e. The van der Waals surface area contributed by atoms with E-state index >= 15 is 0 Å². The molecule has 1 aromatic rings. The smallest absolute Gasteiger partial charge is 0.148 e. The second-order valence-electron chi connectivity index (χ2n) is 4.51. The summed E-state index contributed by atoms with van der Waals surface area (Å²) in [5.41, 5.74) is 1.59. The number of para-hydroxylation sites is 1. The topological polar surface area (TPSA) is 15.3 Å². The molecule has 0 spiro atoms. The van der Waals surface area contributed by atoms with Crippen LogP contribution in [0, 0.1) is 11.7 Å². The maximum atomic E-state index is 13.6. The van der Waals surface area contributed by atoms with E-state index in [4.69, 9.17) is 0 Å². The first-order valence-electron chi connectivity index (χ1n) is 5.36. The van der Waals surface area contributed by atoms with E-state index in [0.29, 0.717) is 17.6 Å². The fourth-order valence-electron chi connectivity index (χ4n) is 1.98. The van der Waals surface area contributed by atoms with Crippen LogP contribution in [0.1, 0.15) is 13.8 Å². The molecule has 0 bridgehead atoms. The van der Waals surface area contributed by atoms with E-state index in [9.17, 15) is 4.39 Å². The average Bonchev–Trinajstić information content (AvgIpc) is 2.19. The SMILES string of the molecule is CC(C)C1CN(C)c2cccc(F)c2N1. The molecule has 15 heavy (non-hydrogen) atoms. The van der Waals surface area contributed by atoms with Gasteiger partial charge in [0.25, 0.3) is 0 Å².